The van der Waals surface area contributed by atoms with Gasteiger partial charge >= 0.3 is 0 Å². The highest BCUT2D eigenvalue weighted by molar-refractivity contribution is 6.05. The highest BCUT2D eigenvalue weighted by atomic mass is 16.2. The van der Waals surface area contributed by atoms with Crippen LogP contribution >= 0.6 is 0 Å². The van der Waals surface area contributed by atoms with Crippen LogP contribution in [0.25, 0.3) is 0 Å². The number of carbonyl (C=O) groups excluding carboxylic acids is 2. The Morgan fingerprint density at radius 1 is 1.00 bits per heavy atom. The largest absolute Gasteiger partial charge is 0.399 e. The number of anilines is 1. The number of carbonyl (C=O) groups is 2. The highest BCUT2D eigenvalue weighted by Gasteiger charge is 2.10. The van der Waals surface area contributed by atoms with Crippen molar-refractivity contribution in [2.24, 2.45) is 0 Å². The predicted molar refractivity (Wildman–Crippen MR) is 73.5 cm³/mol. The van der Waals surface area contributed by atoms with Gasteiger partial charge in [0.15, 0.2) is 0 Å². The minimum atomic E-state index is -0.437. The van der Waals surface area contributed by atoms with E-state index in [1.54, 1.807) is 18.2 Å². The Hall–Kier alpha value is -2.62. The number of nitrogens with two attached hydrogens (primary N) is 1. The second-order valence-electron chi connectivity index (χ2n) is 4.17. The Kier molecular flexibility index (Phi) is 3.93. The fraction of sp³-hybridized carbons (Fsp3) is 0.0667. The van der Waals surface area contributed by atoms with E-state index in [0.717, 1.165) is 5.56 Å². The predicted octanol–water partition coefficient (Wildman–Crippen LogP) is 1.77. The van der Waals surface area contributed by atoms with Crippen molar-refractivity contribution in [3.05, 3.63) is 65.7 Å². The van der Waals surface area contributed by atoms with Crippen LogP contribution in [0.15, 0.2) is 54.6 Å². The topological polar surface area (TPSA) is 72.2 Å². The van der Waals surface area contributed by atoms with E-state index in [4.69, 9.17) is 5.73 Å². The van der Waals surface area contributed by atoms with Gasteiger partial charge < -0.3 is 5.73 Å². The Balaban J connectivity index is 1.98. The summed E-state index contributed by atoms with van der Waals surface area (Å²) < 4.78 is 0. The van der Waals surface area contributed by atoms with Crippen LogP contribution in [-0.2, 0) is 11.2 Å². The molecular weight excluding hydrogens is 240 g/mol. The molecule has 0 spiro atoms. The van der Waals surface area contributed by atoms with E-state index in [0.29, 0.717) is 11.3 Å². The molecule has 0 unspecified atom stereocenters. The Labute approximate surface area is 111 Å². The summed E-state index contributed by atoms with van der Waals surface area (Å²) in [5.41, 5.74) is 7.31. The monoisotopic (exact) mass is 254 g/mol. The SMILES string of the molecule is Nc1cccc(C(=O)NC(=O)Cc2ccccc2)c1. The summed E-state index contributed by atoms with van der Waals surface area (Å²) in [5.74, 6) is -0.771. The van der Waals surface area contributed by atoms with Gasteiger partial charge in [0.05, 0.1) is 6.42 Å². The molecule has 96 valence electrons. The van der Waals surface area contributed by atoms with Crippen LogP contribution in [0.2, 0.25) is 0 Å². The average Bonchev–Trinajstić information content (AvgIpc) is 2.39. The summed E-state index contributed by atoms with van der Waals surface area (Å²) in [6.45, 7) is 0. The third-order valence-electron chi connectivity index (χ3n) is 2.61. The first-order valence-electron chi connectivity index (χ1n) is 5.89. The summed E-state index contributed by atoms with van der Waals surface area (Å²) in [4.78, 5) is 23.5. The fourth-order valence-electron chi connectivity index (χ4n) is 1.70. The molecule has 0 aliphatic carbocycles. The van der Waals surface area contributed by atoms with E-state index in [1.165, 1.54) is 6.07 Å². The molecule has 0 aliphatic rings. The lowest BCUT2D eigenvalue weighted by molar-refractivity contribution is -0.119. The lowest BCUT2D eigenvalue weighted by Gasteiger charge is -2.05. The van der Waals surface area contributed by atoms with Gasteiger partial charge in [-0.1, -0.05) is 36.4 Å². The number of hydrogen-bond acceptors (Lipinski definition) is 3. The van der Waals surface area contributed by atoms with Gasteiger partial charge in [-0.05, 0) is 23.8 Å². The highest BCUT2D eigenvalue weighted by Crippen LogP contribution is 2.06. The zero-order valence-corrected chi connectivity index (χ0v) is 10.3. The van der Waals surface area contributed by atoms with Crippen molar-refractivity contribution >= 4 is 17.5 Å². The smallest absolute Gasteiger partial charge is 0.257 e. The molecule has 2 rings (SSSR count). The van der Waals surface area contributed by atoms with E-state index < -0.39 is 5.91 Å². The molecule has 0 aromatic heterocycles. The Bertz CT molecular complexity index is 594. The van der Waals surface area contributed by atoms with Gasteiger partial charge in [0.1, 0.15) is 0 Å². The molecule has 0 radical (unpaired) electrons. The lowest BCUT2D eigenvalue weighted by atomic mass is 10.1. The third kappa shape index (κ3) is 3.67. The summed E-state index contributed by atoms with van der Waals surface area (Å²) in [5, 5.41) is 2.34. The zero-order valence-electron chi connectivity index (χ0n) is 10.3. The molecule has 0 aliphatic heterocycles. The maximum atomic E-state index is 11.8. The molecule has 0 saturated heterocycles. The number of nitrogens with one attached hydrogen (secondary N) is 1. The van der Waals surface area contributed by atoms with Gasteiger partial charge in [-0.25, -0.2) is 0 Å². The molecule has 2 amide bonds. The quantitative estimate of drug-likeness (QED) is 0.820. The summed E-state index contributed by atoms with van der Waals surface area (Å²) in [6, 6.07) is 15.8. The standard InChI is InChI=1S/C15H14N2O2/c16-13-8-4-7-12(10-13)15(19)17-14(18)9-11-5-2-1-3-6-11/h1-8,10H,9,16H2,(H,17,18,19). The van der Waals surface area contributed by atoms with E-state index in [1.807, 2.05) is 30.3 Å². The summed E-state index contributed by atoms with van der Waals surface area (Å²) in [7, 11) is 0. The number of amides is 2. The number of rotatable bonds is 3. The van der Waals surface area contributed by atoms with Crippen molar-refractivity contribution in [3.63, 3.8) is 0 Å². The van der Waals surface area contributed by atoms with Crippen LogP contribution in [0.3, 0.4) is 0 Å². The number of imide groups is 1. The molecule has 2 aromatic carbocycles. The van der Waals surface area contributed by atoms with E-state index in [9.17, 15) is 9.59 Å². The molecule has 3 N–H and O–H groups in total. The van der Waals surface area contributed by atoms with E-state index in [-0.39, 0.29) is 12.3 Å². The van der Waals surface area contributed by atoms with Crippen LogP contribution in [0.1, 0.15) is 15.9 Å². The molecule has 0 atom stereocenters. The lowest BCUT2D eigenvalue weighted by Crippen LogP contribution is -2.31. The summed E-state index contributed by atoms with van der Waals surface area (Å²) in [6.07, 6.45) is 0.175. The first kappa shape index (κ1) is 12.8. The van der Waals surface area contributed by atoms with Crippen molar-refractivity contribution in [1.29, 1.82) is 0 Å². The maximum absolute atomic E-state index is 11.8. The van der Waals surface area contributed by atoms with Gasteiger partial charge in [-0.2, -0.15) is 0 Å². The molecule has 0 saturated carbocycles. The van der Waals surface area contributed by atoms with Gasteiger partial charge in [0.25, 0.3) is 5.91 Å². The van der Waals surface area contributed by atoms with E-state index >= 15 is 0 Å². The van der Waals surface area contributed by atoms with Crippen molar-refractivity contribution in [1.82, 2.24) is 5.32 Å². The minimum Gasteiger partial charge on any atom is -0.399 e. The number of benzene rings is 2. The second kappa shape index (κ2) is 5.82. The van der Waals surface area contributed by atoms with Crippen molar-refractivity contribution < 1.29 is 9.59 Å². The van der Waals surface area contributed by atoms with Crippen molar-refractivity contribution in [2.75, 3.05) is 5.73 Å². The first-order chi connectivity index (χ1) is 9.15. The third-order valence-corrected chi connectivity index (χ3v) is 2.61. The molecule has 0 heterocycles. The molecule has 19 heavy (non-hydrogen) atoms. The van der Waals surface area contributed by atoms with Crippen LogP contribution in [0, 0.1) is 0 Å². The van der Waals surface area contributed by atoms with Crippen LogP contribution in [-0.4, -0.2) is 11.8 Å². The van der Waals surface area contributed by atoms with Crippen molar-refractivity contribution in [3.8, 4) is 0 Å². The molecule has 4 heteroatoms. The second-order valence-corrected chi connectivity index (χ2v) is 4.17. The maximum Gasteiger partial charge on any atom is 0.257 e. The van der Waals surface area contributed by atoms with Crippen LogP contribution in [0.5, 0.6) is 0 Å². The van der Waals surface area contributed by atoms with Gasteiger partial charge in [-0.3, -0.25) is 14.9 Å². The van der Waals surface area contributed by atoms with Gasteiger partial charge in [0, 0.05) is 11.3 Å². The minimum absolute atomic E-state index is 0.175. The van der Waals surface area contributed by atoms with Crippen molar-refractivity contribution in [2.45, 2.75) is 6.42 Å². The normalized spacial score (nSPS) is 9.89. The molecule has 2 aromatic rings. The fourth-order valence-corrected chi connectivity index (χ4v) is 1.70. The Morgan fingerprint density at radius 3 is 2.42 bits per heavy atom. The number of hydrogen-bond donors (Lipinski definition) is 2. The van der Waals surface area contributed by atoms with Gasteiger partial charge in [-0.15, -0.1) is 0 Å². The molecule has 0 bridgehead atoms. The zero-order chi connectivity index (χ0) is 13.7. The van der Waals surface area contributed by atoms with Crippen LogP contribution < -0.4 is 11.1 Å². The molecule has 4 nitrogen and oxygen atoms in total. The van der Waals surface area contributed by atoms with E-state index in [2.05, 4.69) is 5.32 Å². The number of nitrogen functional groups attached to an aromatic ring is 1. The molecule has 0 fully saturated rings. The first-order valence-corrected chi connectivity index (χ1v) is 5.89. The van der Waals surface area contributed by atoms with Crippen LogP contribution in [0.4, 0.5) is 5.69 Å². The van der Waals surface area contributed by atoms with Gasteiger partial charge in [0.2, 0.25) is 5.91 Å². The summed E-state index contributed by atoms with van der Waals surface area (Å²) >= 11 is 0. The Morgan fingerprint density at radius 2 is 1.74 bits per heavy atom. The average molecular weight is 254 g/mol. The molecular formula is C15H14N2O2.